The molecule has 0 aliphatic carbocycles. The van der Waals surface area contributed by atoms with Crippen LogP contribution in [0.25, 0.3) is 0 Å². The van der Waals surface area contributed by atoms with Gasteiger partial charge in [-0.25, -0.2) is 0 Å². The van der Waals surface area contributed by atoms with Gasteiger partial charge >= 0.3 is 0 Å². The normalized spacial score (nSPS) is 11.4. The first-order valence-electron chi connectivity index (χ1n) is 6.04. The first-order valence-corrected chi connectivity index (χ1v) is 6.04. The standard InChI is InChI=1S/C16H15NO2/c1-12(14-6-4-3-5-7-14)19-16-10-13(11-17)8-9-15(16)18-2/h3-10,12H,1-2H3. The Bertz CT molecular complexity index is 587. The SMILES string of the molecule is COc1ccc(C#N)cc1OC(C)c1ccccc1. The van der Waals surface area contributed by atoms with Crippen molar-refractivity contribution in [2.45, 2.75) is 13.0 Å². The minimum atomic E-state index is -0.107. The van der Waals surface area contributed by atoms with E-state index in [4.69, 9.17) is 14.7 Å². The van der Waals surface area contributed by atoms with Gasteiger partial charge in [0.2, 0.25) is 0 Å². The number of benzene rings is 2. The molecule has 2 aromatic carbocycles. The van der Waals surface area contributed by atoms with Crippen molar-refractivity contribution in [1.82, 2.24) is 0 Å². The fraction of sp³-hybridized carbons (Fsp3) is 0.188. The number of ether oxygens (including phenoxy) is 2. The van der Waals surface area contributed by atoms with Crippen molar-refractivity contribution in [2.75, 3.05) is 7.11 Å². The lowest BCUT2D eigenvalue weighted by molar-refractivity contribution is 0.216. The Labute approximate surface area is 113 Å². The molecule has 0 heterocycles. The third-order valence-corrected chi connectivity index (χ3v) is 2.87. The number of hydrogen-bond donors (Lipinski definition) is 0. The third-order valence-electron chi connectivity index (χ3n) is 2.87. The molecule has 96 valence electrons. The van der Waals surface area contributed by atoms with Gasteiger partial charge in [0.15, 0.2) is 11.5 Å². The molecule has 0 saturated heterocycles. The lowest BCUT2D eigenvalue weighted by atomic mass is 10.1. The summed E-state index contributed by atoms with van der Waals surface area (Å²) in [6, 6.07) is 17.2. The molecule has 3 nitrogen and oxygen atoms in total. The van der Waals surface area contributed by atoms with Crippen LogP contribution in [0.5, 0.6) is 11.5 Å². The summed E-state index contributed by atoms with van der Waals surface area (Å²) < 4.78 is 11.1. The van der Waals surface area contributed by atoms with Gasteiger partial charge in [0.1, 0.15) is 6.10 Å². The van der Waals surface area contributed by atoms with Gasteiger partial charge < -0.3 is 9.47 Å². The van der Waals surface area contributed by atoms with Crippen LogP contribution in [0.15, 0.2) is 48.5 Å². The van der Waals surface area contributed by atoms with Crippen LogP contribution in [0.1, 0.15) is 24.2 Å². The Morgan fingerprint density at radius 1 is 1.05 bits per heavy atom. The van der Waals surface area contributed by atoms with Gasteiger partial charge in [0, 0.05) is 6.07 Å². The van der Waals surface area contributed by atoms with Crippen LogP contribution < -0.4 is 9.47 Å². The summed E-state index contributed by atoms with van der Waals surface area (Å²) in [5, 5.41) is 8.93. The number of hydrogen-bond acceptors (Lipinski definition) is 3. The second-order valence-electron chi connectivity index (χ2n) is 4.15. The minimum absolute atomic E-state index is 0.107. The molecule has 2 aromatic rings. The van der Waals surface area contributed by atoms with E-state index in [0.29, 0.717) is 17.1 Å². The van der Waals surface area contributed by atoms with Crippen molar-refractivity contribution in [3.8, 4) is 17.6 Å². The summed E-state index contributed by atoms with van der Waals surface area (Å²) in [5.41, 5.74) is 1.63. The fourth-order valence-corrected chi connectivity index (χ4v) is 1.82. The van der Waals surface area contributed by atoms with Gasteiger partial charge in [-0.15, -0.1) is 0 Å². The lowest BCUT2D eigenvalue weighted by Crippen LogP contribution is -2.04. The summed E-state index contributed by atoms with van der Waals surface area (Å²) in [6.45, 7) is 1.97. The van der Waals surface area contributed by atoms with Gasteiger partial charge in [-0.2, -0.15) is 5.26 Å². The highest BCUT2D eigenvalue weighted by molar-refractivity contribution is 5.47. The molecule has 0 saturated carbocycles. The molecule has 0 bridgehead atoms. The predicted octanol–water partition coefficient (Wildman–Crippen LogP) is 3.71. The van der Waals surface area contributed by atoms with E-state index in [-0.39, 0.29) is 6.10 Å². The van der Waals surface area contributed by atoms with Crippen molar-refractivity contribution in [1.29, 1.82) is 5.26 Å². The van der Waals surface area contributed by atoms with Crippen molar-refractivity contribution in [3.05, 3.63) is 59.7 Å². The largest absolute Gasteiger partial charge is 0.493 e. The second-order valence-corrected chi connectivity index (χ2v) is 4.15. The van der Waals surface area contributed by atoms with Crippen LogP contribution in [-0.4, -0.2) is 7.11 Å². The van der Waals surface area contributed by atoms with Crippen LogP contribution in [-0.2, 0) is 0 Å². The van der Waals surface area contributed by atoms with Gasteiger partial charge in [-0.05, 0) is 24.6 Å². The highest BCUT2D eigenvalue weighted by atomic mass is 16.5. The predicted molar refractivity (Wildman–Crippen MR) is 73.2 cm³/mol. The molecular formula is C16H15NO2. The van der Waals surface area contributed by atoms with Crippen LogP contribution in [0.3, 0.4) is 0 Å². The summed E-state index contributed by atoms with van der Waals surface area (Å²) in [6.07, 6.45) is -0.107. The van der Waals surface area contributed by atoms with Gasteiger partial charge in [-0.3, -0.25) is 0 Å². The molecule has 0 fully saturated rings. The van der Waals surface area contributed by atoms with Gasteiger partial charge in [0.05, 0.1) is 18.7 Å². The minimum Gasteiger partial charge on any atom is -0.493 e. The zero-order valence-electron chi connectivity index (χ0n) is 11.0. The number of nitriles is 1. The molecular weight excluding hydrogens is 238 g/mol. The zero-order valence-corrected chi connectivity index (χ0v) is 11.0. The first kappa shape index (κ1) is 13.0. The molecule has 0 N–H and O–H groups in total. The average molecular weight is 253 g/mol. The van der Waals surface area contributed by atoms with E-state index in [1.54, 1.807) is 25.3 Å². The van der Waals surface area contributed by atoms with Crippen molar-refractivity contribution < 1.29 is 9.47 Å². The number of methoxy groups -OCH3 is 1. The molecule has 0 aromatic heterocycles. The Balaban J connectivity index is 2.25. The number of nitrogens with zero attached hydrogens (tertiary/aromatic N) is 1. The Morgan fingerprint density at radius 2 is 1.79 bits per heavy atom. The van der Waals surface area contributed by atoms with Crippen LogP contribution >= 0.6 is 0 Å². The molecule has 1 unspecified atom stereocenters. The van der Waals surface area contributed by atoms with E-state index in [1.807, 2.05) is 37.3 Å². The monoisotopic (exact) mass is 253 g/mol. The molecule has 19 heavy (non-hydrogen) atoms. The Kier molecular flexibility index (Phi) is 4.04. The smallest absolute Gasteiger partial charge is 0.163 e. The molecule has 0 aliphatic heterocycles. The summed E-state index contributed by atoms with van der Waals surface area (Å²) in [7, 11) is 1.58. The molecule has 0 radical (unpaired) electrons. The van der Waals surface area contributed by atoms with Crippen molar-refractivity contribution >= 4 is 0 Å². The van der Waals surface area contributed by atoms with Gasteiger partial charge in [0.25, 0.3) is 0 Å². The average Bonchev–Trinajstić information content (AvgIpc) is 2.48. The quantitative estimate of drug-likeness (QED) is 0.834. The van der Waals surface area contributed by atoms with Gasteiger partial charge in [-0.1, -0.05) is 30.3 Å². The van der Waals surface area contributed by atoms with Crippen LogP contribution in [0.4, 0.5) is 0 Å². The van der Waals surface area contributed by atoms with Crippen LogP contribution in [0.2, 0.25) is 0 Å². The topological polar surface area (TPSA) is 42.2 Å². The number of rotatable bonds is 4. The third kappa shape index (κ3) is 3.05. The van der Waals surface area contributed by atoms with E-state index in [9.17, 15) is 0 Å². The molecule has 0 aliphatic rings. The molecule has 3 heteroatoms. The van der Waals surface area contributed by atoms with E-state index in [2.05, 4.69) is 6.07 Å². The van der Waals surface area contributed by atoms with Crippen molar-refractivity contribution in [3.63, 3.8) is 0 Å². The molecule has 0 amide bonds. The highest BCUT2D eigenvalue weighted by Crippen LogP contribution is 2.31. The molecule has 2 rings (SSSR count). The first-order chi connectivity index (χ1) is 9.24. The molecule has 1 atom stereocenters. The maximum Gasteiger partial charge on any atom is 0.163 e. The van der Waals surface area contributed by atoms with E-state index >= 15 is 0 Å². The maximum absolute atomic E-state index is 8.93. The van der Waals surface area contributed by atoms with E-state index < -0.39 is 0 Å². The molecule has 0 spiro atoms. The highest BCUT2D eigenvalue weighted by Gasteiger charge is 2.11. The Morgan fingerprint density at radius 3 is 2.42 bits per heavy atom. The van der Waals surface area contributed by atoms with E-state index in [0.717, 1.165) is 5.56 Å². The Hall–Kier alpha value is -2.47. The fourth-order valence-electron chi connectivity index (χ4n) is 1.82. The second kappa shape index (κ2) is 5.92. The lowest BCUT2D eigenvalue weighted by Gasteiger charge is -2.17. The van der Waals surface area contributed by atoms with Crippen molar-refractivity contribution in [2.24, 2.45) is 0 Å². The summed E-state index contributed by atoms with van der Waals surface area (Å²) >= 11 is 0. The van der Waals surface area contributed by atoms with E-state index in [1.165, 1.54) is 0 Å². The maximum atomic E-state index is 8.93. The summed E-state index contributed by atoms with van der Waals surface area (Å²) in [5.74, 6) is 1.21. The summed E-state index contributed by atoms with van der Waals surface area (Å²) in [4.78, 5) is 0. The van der Waals surface area contributed by atoms with Crippen LogP contribution in [0, 0.1) is 11.3 Å². The zero-order chi connectivity index (χ0) is 13.7.